The molecule has 2 N–H and O–H groups in total. The van der Waals surface area contributed by atoms with Crippen LogP contribution in [0.2, 0.25) is 0 Å². The van der Waals surface area contributed by atoms with Gasteiger partial charge in [-0.1, -0.05) is 26.0 Å². The lowest BCUT2D eigenvalue weighted by molar-refractivity contribution is 0.521. The number of benzene rings is 1. The van der Waals surface area contributed by atoms with Gasteiger partial charge in [0.15, 0.2) is 0 Å². The van der Waals surface area contributed by atoms with Gasteiger partial charge in [0.1, 0.15) is 0 Å². The Bertz CT molecular complexity index is 427. The van der Waals surface area contributed by atoms with Crippen molar-refractivity contribution in [2.24, 2.45) is 11.7 Å². The molecule has 0 bridgehead atoms. The average Bonchev–Trinajstić information content (AvgIpc) is 2.64. The maximum atomic E-state index is 6.06. The fourth-order valence-corrected chi connectivity index (χ4v) is 3.15. The summed E-state index contributed by atoms with van der Waals surface area (Å²) in [4.78, 5) is 2.57. The highest BCUT2D eigenvalue weighted by atomic mass is 15.1. The molecule has 1 heterocycles. The predicted octanol–water partition coefficient (Wildman–Crippen LogP) is 3.90. The molecule has 0 saturated carbocycles. The Balaban J connectivity index is 2.08. The van der Waals surface area contributed by atoms with Crippen LogP contribution in [0.5, 0.6) is 0 Å². The molecule has 1 aliphatic rings. The standard InChI is InChI=1S/C18H30N2/c1-4-17(19)13-16-7-8-18(15(3)12-16)20-10-5-6-14(2)9-11-20/h7-8,12,14,17H,4-6,9-11,13,19H2,1-3H3. The summed E-state index contributed by atoms with van der Waals surface area (Å²) >= 11 is 0. The van der Waals surface area contributed by atoms with Gasteiger partial charge in [-0.2, -0.15) is 0 Å². The molecule has 1 aromatic carbocycles. The van der Waals surface area contributed by atoms with Crippen molar-refractivity contribution in [3.05, 3.63) is 29.3 Å². The van der Waals surface area contributed by atoms with Crippen LogP contribution in [0.4, 0.5) is 5.69 Å². The molecule has 1 fully saturated rings. The van der Waals surface area contributed by atoms with Crippen molar-refractivity contribution in [2.75, 3.05) is 18.0 Å². The Labute approximate surface area is 124 Å². The SMILES string of the molecule is CCC(N)Cc1ccc(N2CCCC(C)CC2)c(C)c1. The van der Waals surface area contributed by atoms with Crippen molar-refractivity contribution in [3.8, 4) is 0 Å². The topological polar surface area (TPSA) is 29.3 Å². The van der Waals surface area contributed by atoms with Crippen molar-refractivity contribution in [3.63, 3.8) is 0 Å². The number of hydrogen-bond acceptors (Lipinski definition) is 2. The molecule has 2 rings (SSSR count). The molecule has 0 radical (unpaired) electrons. The van der Waals surface area contributed by atoms with Crippen LogP contribution in [0.15, 0.2) is 18.2 Å². The van der Waals surface area contributed by atoms with Gasteiger partial charge in [-0.15, -0.1) is 0 Å². The van der Waals surface area contributed by atoms with Crippen LogP contribution in [-0.4, -0.2) is 19.1 Å². The van der Waals surface area contributed by atoms with Crippen LogP contribution in [0, 0.1) is 12.8 Å². The second-order valence-corrected chi connectivity index (χ2v) is 6.52. The van der Waals surface area contributed by atoms with E-state index in [-0.39, 0.29) is 0 Å². The van der Waals surface area contributed by atoms with Gasteiger partial charge in [-0.3, -0.25) is 0 Å². The van der Waals surface area contributed by atoms with Crippen LogP contribution in [0.25, 0.3) is 0 Å². The van der Waals surface area contributed by atoms with Crippen LogP contribution in [0.3, 0.4) is 0 Å². The molecule has 0 spiro atoms. The number of nitrogens with two attached hydrogens (primary N) is 1. The van der Waals surface area contributed by atoms with Crippen molar-refractivity contribution >= 4 is 5.69 Å². The van der Waals surface area contributed by atoms with E-state index in [4.69, 9.17) is 5.73 Å². The smallest absolute Gasteiger partial charge is 0.0396 e. The molecule has 20 heavy (non-hydrogen) atoms. The Morgan fingerprint density at radius 3 is 2.80 bits per heavy atom. The average molecular weight is 274 g/mol. The van der Waals surface area contributed by atoms with Crippen molar-refractivity contribution in [1.82, 2.24) is 0 Å². The minimum atomic E-state index is 0.291. The van der Waals surface area contributed by atoms with Gasteiger partial charge < -0.3 is 10.6 Å². The Morgan fingerprint density at radius 1 is 1.30 bits per heavy atom. The summed E-state index contributed by atoms with van der Waals surface area (Å²) in [6, 6.07) is 7.20. The molecule has 2 unspecified atom stereocenters. The van der Waals surface area contributed by atoms with Gasteiger partial charge in [-0.25, -0.2) is 0 Å². The summed E-state index contributed by atoms with van der Waals surface area (Å²) in [7, 11) is 0. The van der Waals surface area contributed by atoms with Gasteiger partial charge in [0.2, 0.25) is 0 Å². The maximum Gasteiger partial charge on any atom is 0.0396 e. The third-order valence-electron chi connectivity index (χ3n) is 4.64. The normalized spacial score (nSPS) is 21.6. The summed E-state index contributed by atoms with van der Waals surface area (Å²) in [6.45, 7) is 9.19. The highest BCUT2D eigenvalue weighted by Gasteiger charge is 2.15. The molecule has 0 aromatic heterocycles. The third-order valence-corrected chi connectivity index (χ3v) is 4.64. The zero-order valence-corrected chi connectivity index (χ0v) is 13.4. The maximum absolute atomic E-state index is 6.06. The first-order valence-corrected chi connectivity index (χ1v) is 8.20. The van der Waals surface area contributed by atoms with E-state index in [0.29, 0.717) is 6.04 Å². The highest BCUT2D eigenvalue weighted by molar-refractivity contribution is 5.54. The number of aryl methyl sites for hydroxylation is 1. The molecular formula is C18H30N2. The number of nitrogens with zero attached hydrogens (tertiary/aromatic N) is 1. The Morgan fingerprint density at radius 2 is 2.10 bits per heavy atom. The largest absolute Gasteiger partial charge is 0.371 e. The van der Waals surface area contributed by atoms with Crippen molar-refractivity contribution in [2.45, 2.75) is 58.9 Å². The quantitative estimate of drug-likeness (QED) is 0.902. The molecule has 2 heteroatoms. The Hall–Kier alpha value is -1.02. The van der Waals surface area contributed by atoms with E-state index in [1.54, 1.807) is 0 Å². The summed E-state index contributed by atoms with van der Waals surface area (Å²) in [6.07, 6.45) is 6.06. The first-order valence-electron chi connectivity index (χ1n) is 8.20. The van der Waals surface area contributed by atoms with Gasteiger partial charge in [0.25, 0.3) is 0 Å². The van der Waals surface area contributed by atoms with Crippen molar-refractivity contribution < 1.29 is 0 Å². The molecule has 0 amide bonds. The van der Waals surface area contributed by atoms with Gasteiger partial charge in [0.05, 0.1) is 0 Å². The third kappa shape index (κ3) is 3.99. The molecule has 0 aliphatic carbocycles. The highest BCUT2D eigenvalue weighted by Crippen LogP contribution is 2.26. The van der Waals surface area contributed by atoms with E-state index in [2.05, 4.69) is 43.9 Å². The number of anilines is 1. The first-order chi connectivity index (χ1) is 9.60. The van der Waals surface area contributed by atoms with E-state index in [9.17, 15) is 0 Å². The number of hydrogen-bond donors (Lipinski definition) is 1. The fourth-order valence-electron chi connectivity index (χ4n) is 3.15. The van der Waals surface area contributed by atoms with Gasteiger partial charge in [-0.05, 0) is 62.1 Å². The van der Waals surface area contributed by atoms with E-state index < -0.39 is 0 Å². The van der Waals surface area contributed by atoms with Crippen LogP contribution in [0.1, 0.15) is 50.7 Å². The first kappa shape index (κ1) is 15.4. The predicted molar refractivity (Wildman–Crippen MR) is 88.4 cm³/mol. The zero-order valence-electron chi connectivity index (χ0n) is 13.4. The minimum Gasteiger partial charge on any atom is -0.371 e. The molecule has 1 saturated heterocycles. The summed E-state index contributed by atoms with van der Waals surface area (Å²) < 4.78 is 0. The lowest BCUT2D eigenvalue weighted by Gasteiger charge is -2.25. The van der Waals surface area contributed by atoms with Crippen LogP contribution >= 0.6 is 0 Å². The minimum absolute atomic E-state index is 0.291. The van der Waals surface area contributed by atoms with E-state index in [1.807, 2.05) is 0 Å². The van der Waals surface area contributed by atoms with Gasteiger partial charge >= 0.3 is 0 Å². The van der Waals surface area contributed by atoms with E-state index in [0.717, 1.165) is 18.8 Å². The second kappa shape index (κ2) is 7.12. The summed E-state index contributed by atoms with van der Waals surface area (Å²) in [5, 5.41) is 0. The number of rotatable bonds is 4. The Kier molecular flexibility index (Phi) is 5.47. The zero-order chi connectivity index (χ0) is 14.5. The monoisotopic (exact) mass is 274 g/mol. The molecular weight excluding hydrogens is 244 g/mol. The molecule has 1 aliphatic heterocycles. The van der Waals surface area contributed by atoms with Crippen LogP contribution in [-0.2, 0) is 6.42 Å². The lowest BCUT2D eigenvalue weighted by atomic mass is 10.0. The molecule has 2 atom stereocenters. The van der Waals surface area contributed by atoms with E-state index >= 15 is 0 Å². The molecule has 2 nitrogen and oxygen atoms in total. The van der Waals surface area contributed by atoms with Crippen LogP contribution < -0.4 is 10.6 Å². The molecule has 112 valence electrons. The fraction of sp³-hybridized carbons (Fsp3) is 0.667. The van der Waals surface area contributed by atoms with E-state index in [1.165, 1.54) is 49.2 Å². The summed E-state index contributed by atoms with van der Waals surface area (Å²) in [5.41, 5.74) is 10.3. The second-order valence-electron chi connectivity index (χ2n) is 6.52. The van der Waals surface area contributed by atoms with Crippen molar-refractivity contribution in [1.29, 1.82) is 0 Å². The lowest BCUT2D eigenvalue weighted by Crippen LogP contribution is -2.25. The van der Waals surface area contributed by atoms with Gasteiger partial charge in [0, 0.05) is 24.8 Å². The molecule has 1 aromatic rings. The summed E-state index contributed by atoms with van der Waals surface area (Å²) in [5.74, 6) is 0.877.